The zero-order chi connectivity index (χ0) is 20.0. The minimum atomic E-state index is -0.857. The molecule has 1 heterocycles. The number of ether oxygens (including phenoxy) is 1. The van der Waals surface area contributed by atoms with Crippen LogP contribution in [0.15, 0.2) is 22.8 Å². The topological polar surface area (TPSA) is 97.6 Å². The first-order valence-electron chi connectivity index (χ1n) is 9.60. The minimum absolute atomic E-state index is 0.111. The van der Waals surface area contributed by atoms with E-state index in [0.717, 1.165) is 12.8 Å². The largest absolute Gasteiger partial charge is 0.459 e. The average Bonchev–Trinajstić information content (AvgIpc) is 3.16. The van der Waals surface area contributed by atoms with E-state index in [2.05, 4.69) is 24.5 Å². The van der Waals surface area contributed by atoms with Crippen LogP contribution >= 0.6 is 0 Å². The molecule has 0 spiro atoms. The maximum atomic E-state index is 12.4. The molecule has 1 aromatic heterocycles. The van der Waals surface area contributed by atoms with Crippen molar-refractivity contribution in [2.24, 2.45) is 17.8 Å². The highest BCUT2D eigenvalue weighted by molar-refractivity contribution is 5.94. The summed E-state index contributed by atoms with van der Waals surface area (Å²) in [4.78, 5) is 36.6. The van der Waals surface area contributed by atoms with Crippen molar-refractivity contribution in [2.45, 2.75) is 59.0 Å². The summed E-state index contributed by atoms with van der Waals surface area (Å²) in [6, 6.07) is 2.36. The number of nitrogens with one attached hydrogen (secondary N) is 2. The van der Waals surface area contributed by atoms with Gasteiger partial charge in [0.2, 0.25) is 0 Å². The first kappa shape index (κ1) is 21.0. The van der Waals surface area contributed by atoms with Gasteiger partial charge in [-0.15, -0.1) is 0 Å². The number of hydrogen-bond donors (Lipinski definition) is 2. The zero-order valence-corrected chi connectivity index (χ0v) is 16.5. The first-order valence-corrected chi connectivity index (χ1v) is 9.60. The van der Waals surface area contributed by atoms with Gasteiger partial charge in [0.05, 0.1) is 6.26 Å². The molecule has 2 rings (SSSR count). The standard InChI is InChI=1S/C20H30N2O5/c1-12(2)18(22-19(24)16-9-6-10-26-16)20(25)27-11-17(23)21-15-8-5-7-13(3)14(15)4/h6,9-10,12-15,18H,5,7-8,11H2,1-4H3,(H,21,23)(H,22,24)/t13-,14+,15-,18-/m0/s1. The molecular weight excluding hydrogens is 348 g/mol. The van der Waals surface area contributed by atoms with E-state index in [9.17, 15) is 14.4 Å². The van der Waals surface area contributed by atoms with E-state index >= 15 is 0 Å². The molecular formula is C20H30N2O5. The van der Waals surface area contributed by atoms with Crippen LogP contribution < -0.4 is 10.6 Å². The third kappa shape index (κ3) is 5.84. The molecule has 0 bridgehead atoms. The Morgan fingerprint density at radius 2 is 2.00 bits per heavy atom. The van der Waals surface area contributed by atoms with E-state index in [-0.39, 0.29) is 30.2 Å². The molecule has 0 aliphatic heterocycles. The fourth-order valence-corrected chi connectivity index (χ4v) is 3.38. The SMILES string of the molecule is CC(C)[C@H](NC(=O)c1ccco1)C(=O)OCC(=O)N[C@H]1CCC[C@H](C)[C@H]1C. The molecule has 150 valence electrons. The minimum Gasteiger partial charge on any atom is -0.459 e. The fraction of sp³-hybridized carbons (Fsp3) is 0.650. The van der Waals surface area contributed by atoms with Crippen LogP contribution in [-0.4, -0.2) is 36.5 Å². The van der Waals surface area contributed by atoms with Crippen molar-refractivity contribution in [3.8, 4) is 0 Å². The van der Waals surface area contributed by atoms with Gasteiger partial charge in [-0.25, -0.2) is 4.79 Å². The van der Waals surface area contributed by atoms with Crippen molar-refractivity contribution in [3.63, 3.8) is 0 Å². The Bertz CT molecular complexity index is 641. The Morgan fingerprint density at radius 3 is 2.63 bits per heavy atom. The van der Waals surface area contributed by atoms with Gasteiger partial charge in [0.15, 0.2) is 12.4 Å². The number of esters is 1. The lowest BCUT2D eigenvalue weighted by Gasteiger charge is -2.34. The smallest absolute Gasteiger partial charge is 0.329 e. The highest BCUT2D eigenvalue weighted by Gasteiger charge is 2.30. The van der Waals surface area contributed by atoms with E-state index in [1.165, 1.54) is 18.8 Å². The highest BCUT2D eigenvalue weighted by Crippen LogP contribution is 2.29. The first-order chi connectivity index (χ1) is 12.8. The van der Waals surface area contributed by atoms with Crippen molar-refractivity contribution >= 4 is 17.8 Å². The molecule has 7 nitrogen and oxygen atoms in total. The lowest BCUT2D eigenvalue weighted by atomic mass is 9.78. The zero-order valence-electron chi connectivity index (χ0n) is 16.5. The maximum Gasteiger partial charge on any atom is 0.329 e. The summed E-state index contributed by atoms with van der Waals surface area (Å²) < 4.78 is 10.2. The number of carbonyl (C=O) groups is 3. The highest BCUT2D eigenvalue weighted by atomic mass is 16.5. The van der Waals surface area contributed by atoms with Crippen molar-refractivity contribution < 1.29 is 23.5 Å². The van der Waals surface area contributed by atoms with Crippen LogP contribution in [0.25, 0.3) is 0 Å². The van der Waals surface area contributed by atoms with Crippen LogP contribution in [0.5, 0.6) is 0 Å². The molecule has 0 radical (unpaired) electrons. The molecule has 1 fully saturated rings. The van der Waals surface area contributed by atoms with E-state index in [0.29, 0.717) is 11.8 Å². The van der Waals surface area contributed by atoms with Crippen LogP contribution in [0, 0.1) is 17.8 Å². The molecule has 4 atom stereocenters. The Morgan fingerprint density at radius 1 is 1.26 bits per heavy atom. The van der Waals surface area contributed by atoms with Gasteiger partial charge in [-0.05, 0) is 36.3 Å². The van der Waals surface area contributed by atoms with Crippen molar-refractivity contribution in [1.82, 2.24) is 10.6 Å². The van der Waals surface area contributed by atoms with Gasteiger partial charge < -0.3 is 19.8 Å². The van der Waals surface area contributed by atoms with Crippen molar-refractivity contribution in [3.05, 3.63) is 24.2 Å². The molecule has 1 aliphatic carbocycles. The summed E-state index contributed by atoms with van der Waals surface area (Å²) in [5.74, 6) is -0.558. The van der Waals surface area contributed by atoms with E-state index in [4.69, 9.17) is 9.15 Å². The molecule has 1 aliphatic rings. The Labute approximate surface area is 160 Å². The van der Waals surface area contributed by atoms with E-state index in [1.807, 2.05) is 0 Å². The van der Waals surface area contributed by atoms with Crippen molar-refractivity contribution in [1.29, 1.82) is 0 Å². The Hall–Kier alpha value is -2.31. The molecule has 0 unspecified atom stereocenters. The molecule has 0 saturated heterocycles. The Balaban J connectivity index is 1.84. The number of furan rings is 1. The molecule has 1 saturated carbocycles. The number of carbonyl (C=O) groups excluding carboxylic acids is 3. The van der Waals surface area contributed by atoms with Crippen LogP contribution in [-0.2, 0) is 14.3 Å². The molecule has 2 N–H and O–H groups in total. The maximum absolute atomic E-state index is 12.4. The fourth-order valence-electron chi connectivity index (χ4n) is 3.38. The lowest BCUT2D eigenvalue weighted by molar-refractivity contribution is -0.151. The third-order valence-electron chi connectivity index (χ3n) is 5.35. The summed E-state index contributed by atoms with van der Waals surface area (Å²) in [5, 5.41) is 5.56. The number of amides is 2. The quantitative estimate of drug-likeness (QED) is 0.711. The lowest BCUT2D eigenvalue weighted by Crippen LogP contribution is -2.48. The molecule has 0 aromatic carbocycles. The second-order valence-corrected chi connectivity index (χ2v) is 7.72. The Kier molecular flexibility index (Phi) is 7.45. The third-order valence-corrected chi connectivity index (χ3v) is 5.35. The number of hydrogen-bond acceptors (Lipinski definition) is 5. The van der Waals surface area contributed by atoms with Gasteiger partial charge in [0.1, 0.15) is 6.04 Å². The second-order valence-electron chi connectivity index (χ2n) is 7.72. The van der Waals surface area contributed by atoms with Gasteiger partial charge in [-0.1, -0.05) is 40.5 Å². The second kappa shape index (κ2) is 9.58. The molecule has 7 heteroatoms. The van der Waals surface area contributed by atoms with E-state index < -0.39 is 17.9 Å². The van der Waals surface area contributed by atoms with Gasteiger partial charge >= 0.3 is 5.97 Å². The predicted octanol–water partition coefficient (Wildman–Crippen LogP) is 2.52. The summed E-state index contributed by atoms with van der Waals surface area (Å²) in [6.07, 6.45) is 4.59. The summed E-state index contributed by atoms with van der Waals surface area (Å²) in [7, 11) is 0. The van der Waals surface area contributed by atoms with Crippen LogP contribution in [0.1, 0.15) is 57.5 Å². The van der Waals surface area contributed by atoms with Crippen molar-refractivity contribution in [2.75, 3.05) is 6.61 Å². The van der Waals surface area contributed by atoms with Gasteiger partial charge in [-0.2, -0.15) is 0 Å². The molecule has 27 heavy (non-hydrogen) atoms. The average molecular weight is 378 g/mol. The van der Waals surface area contributed by atoms with Gasteiger partial charge in [0.25, 0.3) is 11.8 Å². The van der Waals surface area contributed by atoms with Gasteiger partial charge in [0, 0.05) is 6.04 Å². The van der Waals surface area contributed by atoms with Crippen LogP contribution in [0.4, 0.5) is 0 Å². The predicted molar refractivity (Wildman–Crippen MR) is 99.9 cm³/mol. The monoisotopic (exact) mass is 378 g/mol. The van der Waals surface area contributed by atoms with Crippen LogP contribution in [0.3, 0.4) is 0 Å². The normalized spacial score (nSPS) is 23.5. The van der Waals surface area contributed by atoms with Crippen LogP contribution in [0.2, 0.25) is 0 Å². The van der Waals surface area contributed by atoms with E-state index in [1.54, 1.807) is 19.9 Å². The summed E-state index contributed by atoms with van der Waals surface area (Å²) in [6.45, 7) is 7.56. The summed E-state index contributed by atoms with van der Waals surface area (Å²) >= 11 is 0. The molecule has 1 aromatic rings. The number of rotatable bonds is 7. The van der Waals surface area contributed by atoms with Gasteiger partial charge in [-0.3, -0.25) is 9.59 Å². The molecule has 2 amide bonds. The summed E-state index contributed by atoms with van der Waals surface area (Å²) in [5.41, 5.74) is 0.